The third-order valence-corrected chi connectivity index (χ3v) is 5.93. The molecule has 1 saturated carbocycles. The zero-order chi connectivity index (χ0) is 17.4. The summed E-state index contributed by atoms with van der Waals surface area (Å²) in [6, 6.07) is 0. The zero-order valence-electron chi connectivity index (χ0n) is 13.8. The van der Waals surface area contributed by atoms with Gasteiger partial charge >= 0.3 is 11.1 Å². The van der Waals surface area contributed by atoms with E-state index in [9.17, 15) is 10.0 Å². The molecule has 25 heavy (non-hydrogen) atoms. The van der Waals surface area contributed by atoms with Gasteiger partial charge in [-0.3, -0.25) is 4.65 Å². The molecule has 0 amide bonds. The standard InChI is InChI=1S/C16H20N4O4S/c1-2-7-19-9-13(24-15(21)12-4-3-8-23-12)20(22,10-19)16-18-17-14(25-16)11-5-6-11/h1,11-13H,3-10H2. The lowest BCUT2D eigenvalue weighted by molar-refractivity contribution is -0.164. The highest BCUT2D eigenvalue weighted by molar-refractivity contribution is 7.15. The lowest BCUT2D eigenvalue weighted by Gasteiger charge is -2.38. The molecule has 3 atom stereocenters. The molecule has 2 aliphatic heterocycles. The number of rotatable bonds is 5. The summed E-state index contributed by atoms with van der Waals surface area (Å²) < 4.78 is 10.1. The number of hydroxylamine groups is 2. The van der Waals surface area contributed by atoms with Crippen molar-refractivity contribution in [2.75, 3.05) is 26.4 Å². The van der Waals surface area contributed by atoms with Crippen LogP contribution < -0.4 is 4.65 Å². The van der Waals surface area contributed by atoms with Crippen molar-refractivity contribution in [1.29, 1.82) is 0 Å². The van der Waals surface area contributed by atoms with E-state index in [0.717, 1.165) is 24.3 Å². The van der Waals surface area contributed by atoms with Gasteiger partial charge in [0.15, 0.2) is 6.10 Å². The Kier molecular flexibility index (Phi) is 4.47. The lowest BCUT2D eigenvalue weighted by Crippen LogP contribution is -2.51. The minimum atomic E-state index is -0.898. The van der Waals surface area contributed by atoms with E-state index in [1.165, 1.54) is 11.3 Å². The molecule has 0 aromatic carbocycles. The molecule has 134 valence electrons. The van der Waals surface area contributed by atoms with Gasteiger partial charge in [-0.2, -0.15) is 0 Å². The molecule has 3 heterocycles. The van der Waals surface area contributed by atoms with Crippen LogP contribution in [0.3, 0.4) is 0 Å². The number of ether oxygens (including phenoxy) is 2. The molecular formula is C16H20N4O4S. The van der Waals surface area contributed by atoms with Crippen molar-refractivity contribution < 1.29 is 14.3 Å². The van der Waals surface area contributed by atoms with Crippen molar-refractivity contribution in [1.82, 2.24) is 19.7 Å². The molecule has 1 aromatic rings. The topological polar surface area (TPSA) is 87.6 Å². The van der Waals surface area contributed by atoms with Gasteiger partial charge in [-0.25, -0.2) is 9.69 Å². The van der Waals surface area contributed by atoms with Gasteiger partial charge in [0, 0.05) is 12.5 Å². The van der Waals surface area contributed by atoms with Crippen LogP contribution in [0, 0.1) is 17.6 Å². The van der Waals surface area contributed by atoms with Crippen molar-refractivity contribution in [2.45, 2.75) is 43.9 Å². The van der Waals surface area contributed by atoms with Gasteiger partial charge in [-0.15, -0.1) is 11.5 Å². The average Bonchev–Trinajstić information content (AvgIpc) is 3.03. The Morgan fingerprint density at radius 3 is 3.00 bits per heavy atom. The van der Waals surface area contributed by atoms with Gasteiger partial charge in [0.2, 0.25) is 0 Å². The Morgan fingerprint density at radius 1 is 1.48 bits per heavy atom. The van der Waals surface area contributed by atoms with Crippen molar-refractivity contribution in [2.24, 2.45) is 0 Å². The molecule has 2 saturated heterocycles. The van der Waals surface area contributed by atoms with Gasteiger partial charge in [0.25, 0.3) is 6.23 Å². The van der Waals surface area contributed by atoms with Crippen LogP contribution in [0.2, 0.25) is 0 Å². The predicted molar refractivity (Wildman–Crippen MR) is 91.2 cm³/mol. The van der Waals surface area contributed by atoms with Crippen LogP contribution in [0.15, 0.2) is 0 Å². The van der Waals surface area contributed by atoms with E-state index in [1.54, 1.807) is 4.90 Å². The molecule has 1 aliphatic carbocycles. The number of nitrogens with zero attached hydrogens (tertiary/aromatic N) is 4. The first-order chi connectivity index (χ1) is 12.1. The summed E-state index contributed by atoms with van der Waals surface area (Å²) in [4.78, 5) is 14.1. The van der Waals surface area contributed by atoms with Gasteiger partial charge in [-0.1, -0.05) is 11.0 Å². The second-order valence-corrected chi connectivity index (χ2v) is 7.73. The molecule has 0 spiro atoms. The molecule has 0 bridgehead atoms. The van der Waals surface area contributed by atoms with E-state index in [2.05, 4.69) is 16.1 Å². The molecule has 0 radical (unpaired) electrons. The quantitative estimate of drug-likeness (QED) is 0.335. The Labute approximate surface area is 149 Å². The van der Waals surface area contributed by atoms with Gasteiger partial charge in [0.05, 0.1) is 13.1 Å². The summed E-state index contributed by atoms with van der Waals surface area (Å²) in [7, 11) is 0. The molecular weight excluding hydrogens is 344 g/mol. The zero-order valence-corrected chi connectivity index (χ0v) is 14.6. The first-order valence-corrected chi connectivity index (χ1v) is 9.32. The van der Waals surface area contributed by atoms with E-state index in [1.807, 2.05) is 0 Å². The Morgan fingerprint density at radius 2 is 2.32 bits per heavy atom. The smallest absolute Gasteiger partial charge is 0.339 e. The molecule has 4 rings (SSSR count). The molecule has 9 heteroatoms. The van der Waals surface area contributed by atoms with E-state index >= 15 is 0 Å². The van der Waals surface area contributed by atoms with Crippen LogP contribution in [0.4, 0.5) is 5.13 Å². The van der Waals surface area contributed by atoms with E-state index in [4.69, 9.17) is 15.9 Å². The second-order valence-electron chi connectivity index (χ2n) is 6.74. The maximum atomic E-state index is 13.5. The van der Waals surface area contributed by atoms with Gasteiger partial charge in [-0.05, 0) is 37.0 Å². The summed E-state index contributed by atoms with van der Waals surface area (Å²) in [6.07, 6.45) is 7.54. The molecule has 3 fully saturated rings. The Bertz CT molecular complexity index is 695. The molecule has 1 aromatic heterocycles. The summed E-state index contributed by atoms with van der Waals surface area (Å²) in [5.41, 5.74) is 0. The maximum absolute atomic E-state index is 13.5. The number of aromatic nitrogens is 2. The monoisotopic (exact) mass is 364 g/mol. The molecule has 3 unspecified atom stereocenters. The normalized spacial score (nSPS) is 32.6. The van der Waals surface area contributed by atoms with Crippen molar-refractivity contribution >= 4 is 22.4 Å². The number of hydrogen-bond donors (Lipinski definition) is 0. The lowest BCUT2D eigenvalue weighted by atomic mass is 10.2. The highest BCUT2D eigenvalue weighted by Gasteiger charge is 2.47. The number of carbonyl (C=O) groups is 1. The minimum Gasteiger partial charge on any atom is -0.622 e. The predicted octanol–water partition coefficient (Wildman–Crippen LogP) is 1.18. The fourth-order valence-corrected chi connectivity index (χ4v) is 4.28. The van der Waals surface area contributed by atoms with Crippen molar-refractivity contribution in [3.8, 4) is 12.3 Å². The largest absolute Gasteiger partial charge is 0.622 e. The fourth-order valence-electron chi connectivity index (χ4n) is 3.20. The molecule has 3 aliphatic rings. The van der Waals surface area contributed by atoms with Crippen LogP contribution >= 0.6 is 11.3 Å². The van der Waals surface area contributed by atoms with Crippen molar-refractivity contribution in [3.63, 3.8) is 0 Å². The Hall–Kier alpha value is -1.57. The van der Waals surface area contributed by atoms with Crippen LogP contribution in [0.5, 0.6) is 0 Å². The SMILES string of the molecule is C#CCN1CC(OC(=O)C2CCCO2)[N+]([O-])(c2nnc(C3CC3)s2)C1. The van der Waals surface area contributed by atoms with E-state index < -0.39 is 22.9 Å². The van der Waals surface area contributed by atoms with E-state index in [0.29, 0.717) is 30.6 Å². The van der Waals surface area contributed by atoms with Crippen molar-refractivity contribution in [3.05, 3.63) is 10.2 Å². The third-order valence-electron chi connectivity index (χ3n) is 4.73. The number of terminal acetylenes is 1. The third kappa shape index (κ3) is 3.28. The summed E-state index contributed by atoms with van der Waals surface area (Å²) in [6.45, 7) is 1.26. The highest BCUT2D eigenvalue weighted by atomic mass is 32.1. The molecule has 0 N–H and O–H groups in total. The van der Waals surface area contributed by atoms with Crippen LogP contribution in [-0.2, 0) is 14.3 Å². The van der Waals surface area contributed by atoms with Crippen LogP contribution in [0.1, 0.15) is 36.6 Å². The second kappa shape index (κ2) is 6.63. The summed E-state index contributed by atoms with van der Waals surface area (Å²) >= 11 is 1.32. The average molecular weight is 364 g/mol. The van der Waals surface area contributed by atoms with Crippen LogP contribution in [0.25, 0.3) is 0 Å². The number of quaternary nitrogens is 1. The van der Waals surface area contributed by atoms with E-state index in [-0.39, 0.29) is 13.2 Å². The number of esters is 1. The summed E-state index contributed by atoms with van der Waals surface area (Å²) in [5.74, 6) is 2.49. The van der Waals surface area contributed by atoms with Gasteiger partial charge in [0.1, 0.15) is 11.7 Å². The minimum absolute atomic E-state index is 0.104. The first kappa shape index (κ1) is 16.9. The highest BCUT2D eigenvalue weighted by Crippen LogP contribution is 2.44. The molecule has 8 nitrogen and oxygen atoms in total. The maximum Gasteiger partial charge on any atom is 0.339 e. The fraction of sp³-hybridized carbons (Fsp3) is 0.688. The summed E-state index contributed by atoms with van der Waals surface area (Å²) in [5, 5.41) is 23.0. The number of carbonyl (C=O) groups excluding carboxylic acids is 1. The van der Waals surface area contributed by atoms with Gasteiger partial charge < -0.3 is 14.7 Å². The Balaban J connectivity index is 1.54. The van der Waals surface area contributed by atoms with Crippen LogP contribution in [-0.4, -0.2) is 59.8 Å². The number of hydrogen-bond acceptors (Lipinski definition) is 8. The first-order valence-electron chi connectivity index (χ1n) is 8.51.